The molecule has 0 spiro atoms. The van der Waals surface area contributed by atoms with Crippen LogP contribution in [0.2, 0.25) is 0 Å². The monoisotopic (exact) mass is 232 g/mol. The Hall–Kier alpha value is -1.67. The number of aryl methyl sites for hydroxylation is 1. The van der Waals surface area contributed by atoms with Gasteiger partial charge in [0.25, 0.3) is 0 Å². The molecular weight excluding hydrogens is 216 g/mol. The lowest BCUT2D eigenvalue weighted by Gasteiger charge is -2.34. The minimum absolute atomic E-state index is 0.196. The molecule has 1 saturated carbocycles. The maximum absolute atomic E-state index is 8.80. The fraction of sp³-hybridized carbons (Fsp3) is 0.583. The summed E-state index contributed by atoms with van der Waals surface area (Å²) in [4.78, 5) is 8.21. The summed E-state index contributed by atoms with van der Waals surface area (Å²) in [5.41, 5.74) is 1.12. The Morgan fingerprint density at radius 1 is 1.53 bits per heavy atom. The van der Waals surface area contributed by atoms with Crippen LogP contribution in [0.4, 0.5) is 0 Å². The first-order valence-corrected chi connectivity index (χ1v) is 5.78. The summed E-state index contributed by atoms with van der Waals surface area (Å²) in [7, 11) is 1.96. The van der Waals surface area contributed by atoms with E-state index in [1.807, 2.05) is 20.0 Å². The van der Waals surface area contributed by atoms with E-state index >= 15 is 0 Å². The van der Waals surface area contributed by atoms with Gasteiger partial charge in [-0.3, -0.25) is 0 Å². The molecular formula is C12H16N4O. The van der Waals surface area contributed by atoms with Gasteiger partial charge in [0.15, 0.2) is 0 Å². The van der Waals surface area contributed by atoms with Crippen LogP contribution in [-0.2, 0) is 0 Å². The van der Waals surface area contributed by atoms with Crippen LogP contribution in [0, 0.1) is 24.2 Å². The average Bonchev–Trinajstić information content (AvgIpc) is 2.25. The van der Waals surface area contributed by atoms with Crippen molar-refractivity contribution in [1.29, 1.82) is 5.26 Å². The number of rotatable bonds is 4. The molecule has 1 aromatic rings. The Kier molecular flexibility index (Phi) is 3.55. The standard InChI is InChI=1S/C12H16N4O/c1-8-3-10(6-13)16-12(15-8)17-11-4-9(5-11)7-14-2/h3,9,11,14H,4-5,7H2,1-2H3. The molecule has 1 fully saturated rings. The molecule has 0 aliphatic heterocycles. The molecule has 0 saturated heterocycles. The second kappa shape index (κ2) is 5.11. The second-order valence-electron chi connectivity index (χ2n) is 4.42. The largest absolute Gasteiger partial charge is 0.460 e. The van der Waals surface area contributed by atoms with Crippen molar-refractivity contribution in [3.63, 3.8) is 0 Å². The van der Waals surface area contributed by atoms with Gasteiger partial charge in [0.05, 0.1) is 0 Å². The first-order valence-electron chi connectivity index (χ1n) is 5.78. The highest BCUT2D eigenvalue weighted by Crippen LogP contribution is 2.29. The summed E-state index contributed by atoms with van der Waals surface area (Å²) in [6.45, 7) is 2.86. The van der Waals surface area contributed by atoms with Gasteiger partial charge in [0.2, 0.25) is 0 Å². The van der Waals surface area contributed by atoms with Crippen LogP contribution in [0.15, 0.2) is 6.07 Å². The lowest BCUT2D eigenvalue weighted by molar-refractivity contribution is 0.0571. The fourth-order valence-corrected chi connectivity index (χ4v) is 2.03. The normalized spacial score (nSPS) is 22.6. The quantitative estimate of drug-likeness (QED) is 0.839. The predicted molar refractivity (Wildman–Crippen MR) is 62.6 cm³/mol. The highest BCUT2D eigenvalue weighted by Gasteiger charge is 2.30. The fourth-order valence-electron chi connectivity index (χ4n) is 2.03. The predicted octanol–water partition coefficient (Wildman–Crippen LogP) is 1.03. The number of nitrogens with one attached hydrogen (secondary N) is 1. The molecule has 0 atom stereocenters. The SMILES string of the molecule is CNCC1CC(Oc2nc(C)cc(C#N)n2)C1. The van der Waals surface area contributed by atoms with Gasteiger partial charge in [0.1, 0.15) is 17.9 Å². The van der Waals surface area contributed by atoms with Gasteiger partial charge in [-0.2, -0.15) is 10.2 Å². The van der Waals surface area contributed by atoms with E-state index in [0.29, 0.717) is 17.6 Å². The second-order valence-corrected chi connectivity index (χ2v) is 4.42. The van der Waals surface area contributed by atoms with E-state index in [1.165, 1.54) is 0 Å². The van der Waals surface area contributed by atoms with Crippen molar-refractivity contribution in [2.75, 3.05) is 13.6 Å². The number of ether oxygens (including phenoxy) is 1. The molecule has 0 amide bonds. The van der Waals surface area contributed by atoms with Crippen LogP contribution in [0.1, 0.15) is 24.2 Å². The van der Waals surface area contributed by atoms with E-state index in [4.69, 9.17) is 10.00 Å². The third-order valence-corrected chi connectivity index (χ3v) is 2.91. The zero-order valence-corrected chi connectivity index (χ0v) is 10.1. The number of aromatic nitrogens is 2. The van der Waals surface area contributed by atoms with Crippen LogP contribution in [0.3, 0.4) is 0 Å². The van der Waals surface area contributed by atoms with Crippen LogP contribution in [-0.4, -0.2) is 29.7 Å². The molecule has 17 heavy (non-hydrogen) atoms. The topological polar surface area (TPSA) is 70.8 Å². The van der Waals surface area contributed by atoms with Gasteiger partial charge in [-0.15, -0.1) is 0 Å². The Bertz CT molecular complexity index is 435. The lowest BCUT2D eigenvalue weighted by atomic mass is 9.82. The molecule has 90 valence electrons. The number of hydrogen-bond donors (Lipinski definition) is 1. The Balaban J connectivity index is 1.92. The molecule has 0 unspecified atom stereocenters. The van der Waals surface area contributed by atoms with E-state index < -0.39 is 0 Å². The van der Waals surface area contributed by atoms with E-state index in [0.717, 1.165) is 25.1 Å². The minimum Gasteiger partial charge on any atom is -0.460 e. The minimum atomic E-state index is 0.196. The summed E-state index contributed by atoms with van der Waals surface area (Å²) in [6.07, 6.45) is 2.25. The molecule has 1 aliphatic rings. The maximum atomic E-state index is 8.80. The Morgan fingerprint density at radius 3 is 2.94 bits per heavy atom. The van der Waals surface area contributed by atoms with E-state index in [9.17, 15) is 0 Å². The lowest BCUT2D eigenvalue weighted by Crippen LogP contribution is -2.39. The van der Waals surface area contributed by atoms with E-state index in [2.05, 4.69) is 15.3 Å². The van der Waals surface area contributed by atoms with Crippen molar-refractivity contribution < 1.29 is 4.74 Å². The zero-order valence-electron chi connectivity index (χ0n) is 10.1. The van der Waals surface area contributed by atoms with Crippen LogP contribution >= 0.6 is 0 Å². The molecule has 2 rings (SSSR count). The number of nitriles is 1. The van der Waals surface area contributed by atoms with Gasteiger partial charge in [0, 0.05) is 5.69 Å². The highest BCUT2D eigenvalue weighted by molar-refractivity contribution is 5.23. The van der Waals surface area contributed by atoms with Crippen molar-refractivity contribution in [3.8, 4) is 12.1 Å². The molecule has 1 heterocycles. The first-order chi connectivity index (χ1) is 8.21. The maximum Gasteiger partial charge on any atom is 0.318 e. The molecule has 5 heteroatoms. The molecule has 0 radical (unpaired) electrons. The molecule has 5 nitrogen and oxygen atoms in total. The summed E-state index contributed by atoms with van der Waals surface area (Å²) in [5.74, 6) is 0.685. The highest BCUT2D eigenvalue weighted by atomic mass is 16.5. The number of hydrogen-bond acceptors (Lipinski definition) is 5. The van der Waals surface area contributed by atoms with Gasteiger partial charge in [-0.25, -0.2) is 4.98 Å². The van der Waals surface area contributed by atoms with Gasteiger partial charge in [-0.05, 0) is 45.3 Å². The van der Waals surface area contributed by atoms with E-state index in [-0.39, 0.29) is 6.10 Å². The zero-order chi connectivity index (χ0) is 12.3. The smallest absolute Gasteiger partial charge is 0.318 e. The Morgan fingerprint density at radius 2 is 2.29 bits per heavy atom. The summed E-state index contributed by atoms with van der Waals surface area (Å²) < 4.78 is 5.65. The molecule has 1 aromatic heterocycles. The van der Waals surface area contributed by atoms with E-state index in [1.54, 1.807) is 6.07 Å². The first kappa shape index (κ1) is 11.8. The third-order valence-electron chi connectivity index (χ3n) is 2.91. The van der Waals surface area contributed by atoms with Gasteiger partial charge in [-0.1, -0.05) is 0 Å². The third kappa shape index (κ3) is 2.92. The number of nitrogens with zero attached hydrogens (tertiary/aromatic N) is 3. The molecule has 1 N–H and O–H groups in total. The Labute approximate surface area is 101 Å². The summed E-state index contributed by atoms with van der Waals surface area (Å²) >= 11 is 0. The van der Waals surface area contributed by atoms with Crippen molar-refractivity contribution in [2.24, 2.45) is 5.92 Å². The average molecular weight is 232 g/mol. The molecule has 0 bridgehead atoms. The van der Waals surface area contributed by atoms with Crippen molar-refractivity contribution in [3.05, 3.63) is 17.5 Å². The van der Waals surface area contributed by atoms with Crippen LogP contribution in [0.5, 0.6) is 6.01 Å². The van der Waals surface area contributed by atoms with Crippen LogP contribution in [0.25, 0.3) is 0 Å². The van der Waals surface area contributed by atoms with Crippen molar-refractivity contribution >= 4 is 0 Å². The summed E-state index contributed by atoms with van der Waals surface area (Å²) in [5, 5.41) is 12.0. The molecule has 0 aromatic carbocycles. The van der Waals surface area contributed by atoms with Gasteiger partial charge >= 0.3 is 6.01 Å². The van der Waals surface area contributed by atoms with Crippen molar-refractivity contribution in [2.45, 2.75) is 25.9 Å². The van der Waals surface area contributed by atoms with Crippen molar-refractivity contribution in [1.82, 2.24) is 15.3 Å². The van der Waals surface area contributed by atoms with Crippen LogP contribution < -0.4 is 10.1 Å². The molecule has 1 aliphatic carbocycles. The van der Waals surface area contributed by atoms with Gasteiger partial charge < -0.3 is 10.1 Å². The summed E-state index contributed by atoms with van der Waals surface area (Å²) in [6, 6.07) is 3.98.